The molecule has 0 aliphatic rings. The number of hydrogen-bond donors (Lipinski definition) is 1. The first-order valence-corrected chi connectivity index (χ1v) is 6.15. The fourth-order valence-electron chi connectivity index (χ4n) is 2.05. The number of benzene rings is 2. The van der Waals surface area contributed by atoms with Crippen molar-refractivity contribution in [3.05, 3.63) is 53.6 Å². The van der Waals surface area contributed by atoms with E-state index in [2.05, 4.69) is 0 Å². The SMILES string of the molecule is COc1ccc(C(C=O)c2ccc(O)c(OC)c2)cc1. The van der Waals surface area contributed by atoms with Crippen LogP contribution in [0.3, 0.4) is 0 Å². The fraction of sp³-hybridized carbons (Fsp3) is 0.188. The van der Waals surface area contributed by atoms with Crippen LogP contribution in [-0.2, 0) is 4.79 Å². The van der Waals surface area contributed by atoms with E-state index in [0.717, 1.165) is 23.2 Å². The molecule has 2 aromatic rings. The Balaban J connectivity index is 2.38. The highest BCUT2D eigenvalue weighted by atomic mass is 16.5. The summed E-state index contributed by atoms with van der Waals surface area (Å²) in [7, 11) is 3.07. The van der Waals surface area contributed by atoms with Gasteiger partial charge in [0, 0.05) is 0 Å². The van der Waals surface area contributed by atoms with Gasteiger partial charge in [-0.05, 0) is 35.4 Å². The summed E-state index contributed by atoms with van der Waals surface area (Å²) in [6, 6.07) is 12.2. The standard InChI is InChI=1S/C16H16O4/c1-19-13-6-3-11(4-7-13)14(10-17)12-5-8-15(18)16(9-12)20-2/h3-10,14,18H,1-2H3. The van der Waals surface area contributed by atoms with Gasteiger partial charge in [0.1, 0.15) is 12.0 Å². The van der Waals surface area contributed by atoms with Crippen molar-refractivity contribution in [1.82, 2.24) is 0 Å². The molecule has 0 saturated heterocycles. The molecule has 1 unspecified atom stereocenters. The molecule has 0 heterocycles. The van der Waals surface area contributed by atoms with Crippen LogP contribution in [0.15, 0.2) is 42.5 Å². The first kappa shape index (κ1) is 13.9. The van der Waals surface area contributed by atoms with Crippen molar-refractivity contribution in [3.8, 4) is 17.2 Å². The lowest BCUT2D eigenvalue weighted by atomic mass is 9.92. The van der Waals surface area contributed by atoms with E-state index in [-0.39, 0.29) is 5.75 Å². The average Bonchev–Trinajstić information content (AvgIpc) is 2.50. The second-order valence-corrected chi connectivity index (χ2v) is 4.32. The average molecular weight is 272 g/mol. The van der Waals surface area contributed by atoms with Crippen LogP contribution in [0.2, 0.25) is 0 Å². The van der Waals surface area contributed by atoms with E-state index in [9.17, 15) is 9.90 Å². The minimum absolute atomic E-state index is 0.0515. The molecule has 2 rings (SSSR count). The largest absolute Gasteiger partial charge is 0.504 e. The van der Waals surface area contributed by atoms with Gasteiger partial charge in [-0.3, -0.25) is 0 Å². The van der Waals surface area contributed by atoms with Gasteiger partial charge in [0.2, 0.25) is 0 Å². The second kappa shape index (κ2) is 6.10. The minimum Gasteiger partial charge on any atom is -0.504 e. The van der Waals surface area contributed by atoms with Crippen LogP contribution in [0.25, 0.3) is 0 Å². The normalized spacial score (nSPS) is 11.7. The molecule has 0 aliphatic carbocycles. The lowest BCUT2D eigenvalue weighted by molar-refractivity contribution is -0.108. The summed E-state index contributed by atoms with van der Waals surface area (Å²) < 4.78 is 10.2. The molecule has 1 atom stereocenters. The molecule has 0 fully saturated rings. The number of methoxy groups -OCH3 is 2. The van der Waals surface area contributed by atoms with E-state index in [1.807, 2.05) is 24.3 Å². The van der Waals surface area contributed by atoms with Crippen LogP contribution in [0.1, 0.15) is 17.0 Å². The molecule has 0 aliphatic heterocycles. The van der Waals surface area contributed by atoms with E-state index in [4.69, 9.17) is 9.47 Å². The van der Waals surface area contributed by atoms with Gasteiger partial charge in [-0.2, -0.15) is 0 Å². The smallest absolute Gasteiger partial charge is 0.160 e. The summed E-state index contributed by atoms with van der Waals surface area (Å²) in [5.41, 5.74) is 1.62. The van der Waals surface area contributed by atoms with Gasteiger partial charge in [0.05, 0.1) is 20.1 Å². The van der Waals surface area contributed by atoms with Crippen LogP contribution in [0.4, 0.5) is 0 Å². The molecule has 4 nitrogen and oxygen atoms in total. The van der Waals surface area contributed by atoms with Gasteiger partial charge in [-0.15, -0.1) is 0 Å². The van der Waals surface area contributed by atoms with Crippen LogP contribution in [0, 0.1) is 0 Å². The van der Waals surface area contributed by atoms with Gasteiger partial charge in [0.15, 0.2) is 11.5 Å². The third-order valence-corrected chi connectivity index (χ3v) is 3.17. The highest BCUT2D eigenvalue weighted by Gasteiger charge is 2.15. The molecule has 0 amide bonds. The highest BCUT2D eigenvalue weighted by molar-refractivity contribution is 5.69. The number of ether oxygens (including phenoxy) is 2. The Labute approximate surface area is 117 Å². The lowest BCUT2D eigenvalue weighted by Crippen LogP contribution is -2.03. The van der Waals surface area contributed by atoms with Gasteiger partial charge in [0.25, 0.3) is 0 Å². The maximum Gasteiger partial charge on any atom is 0.160 e. The summed E-state index contributed by atoms with van der Waals surface area (Å²) in [5.74, 6) is 0.732. The molecule has 0 aromatic heterocycles. The van der Waals surface area contributed by atoms with Crippen LogP contribution in [-0.4, -0.2) is 25.6 Å². The van der Waals surface area contributed by atoms with E-state index in [0.29, 0.717) is 5.75 Å². The quantitative estimate of drug-likeness (QED) is 0.850. The number of rotatable bonds is 5. The van der Waals surface area contributed by atoms with Crippen molar-refractivity contribution in [3.63, 3.8) is 0 Å². The van der Waals surface area contributed by atoms with Crippen molar-refractivity contribution in [2.24, 2.45) is 0 Å². The van der Waals surface area contributed by atoms with Crippen molar-refractivity contribution < 1.29 is 19.4 Å². The molecule has 4 heteroatoms. The molecule has 2 aromatic carbocycles. The first-order valence-electron chi connectivity index (χ1n) is 6.15. The Hall–Kier alpha value is -2.49. The molecule has 0 spiro atoms. The second-order valence-electron chi connectivity index (χ2n) is 4.32. The minimum atomic E-state index is -0.407. The third-order valence-electron chi connectivity index (χ3n) is 3.17. The predicted octanol–water partition coefficient (Wildman–Crippen LogP) is 2.74. The number of phenolic OH excluding ortho intramolecular Hbond substituents is 1. The van der Waals surface area contributed by atoms with Crippen molar-refractivity contribution in [1.29, 1.82) is 0 Å². The van der Waals surface area contributed by atoms with Crippen LogP contribution in [0.5, 0.6) is 17.2 Å². The van der Waals surface area contributed by atoms with Crippen LogP contribution >= 0.6 is 0 Å². The molecule has 0 bridgehead atoms. The summed E-state index contributed by atoms with van der Waals surface area (Å²) >= 11 is 0. The first-order chi connectivity index (χ1) is 9.69. The molecular formula is C16H16O4. The van der Waals surface area contributed by atoms with E-state index < -0.39 is 5.92 Å². The summed E-state index contributed by atoms with van der Waals surface area (Å²) in [5, 5.41) is 9.60. The number of phenols is 1. The predicted molar refractivity (Wildman–Crippen MR) is 75.6 cm³/mol. The Morgan fingerprint density at radius 3 is 2.20 bits per heavy atom. The molecule has 20 heavy (non-hydrogen) atoms. The Kier molecular flexibility index (Phi) is 4.25. The molecule has 0 radical (unpaired) electrons. The zero-order valence-corrected chi connectivity index (χ0v) is 11.4. The van der Waals surface area contributed by atoms with Gasteiger partial charge in [-0.1, -0.05) is 18.2 Å². The third kappa shape index (κ3) is 2.74. The summed E-state index contributed by atoms with van der Waals surface area (Å²) in [6.07, 6.45) is 0.869. The summed E-state index contributed by atoms with van der Waals surface area (Å²) in [4.78, 5) is 11.4. The topological polar surface area (TPSA) is 55.8 Å². The van der Waals surface area contributed by atoms with Gasteiger partial charge >= 0.3 is 0 Å². The Bertz CT molecular complexity index is 590. The Morgan fingerprint density at radius 1 is 1.00 bits per heavy atom. The number of carbonyl (C=O) groups excluding carboxylic acids is 1. The molecule has 0 saturated carbocycles. The van der Waals surface area contributed by atoms with Crippen molar-refractivity contribution >= 4 is 6.29 Å². The van der Waals surface area contributed by atoms with Gasteiger partial charge < -0.3 is 19.4 Å². The Morgan fingerprint density at radius 2 is 1.65 bits per heavy atom. The van der Waals surface area contributed by atoms with Crippen molar-refractivity contribution in [2.45, 2.75) is 5.92 Å². The number of hydrogen-bond acceptors (Lipinski definition) is 4. The molecule has 1 N–H and O–H groups in total. The van der Waals surface area contributed by atoms with E-state index in [1.54, 1.807) is 19.2 Å². The maximum atomic E-state index is 11.4. The van der Waals surface area contributed by atoms with E-state index in [1.165, 1.54) is 13.2 Å². The van der Waals surface area contributed by atoms with Crippen LogP contribution < -0.4 is 9.47 Å². The highest BCUT2D eigenvalue weighted by Crippen LogP contribution is 2.32. The maximum absolute atomic E-state index is 11.4. The van der Waals surface area contributed by atoms with Crippen molar-refractivity contribution in [2.75, 3.05) is 14.2 Å². The summed E-state index contributed by atoms with van der Waals surface area (Å²) in [6.45, 7) is 0. The molecule has 104 valence electrons. The lowest BCUT2D eigenvalue weighted by Gasteiger charge is -2.13. The fourth-order valence-corrected chi connectivity index (χ4v) is 2.05. The zero-order chi connectivity index (χ0) is 14.5. The number of aromatic hydroxyl groups is 1. The molecular weight excluding hydrogens is 256 g/mol. The monoisotopic (exact) mass is 272 g/mol. The van der Waals surface area contributed by atoms with E-state index >= 15 is 0 Å². The zero-order valence-electron chi connectivity index (χ0n) is 11.4. The number of aldehydes is 1. The van der Waals surface area contributed by atoms with Gasteiger partial charge in [-0.25, -0.2) is 0 Å². The number of carbonyl (C=O) groups is 1.